The molecule has 0 aromatic heterocycles. The van der Waals surface area contributed by atoms with Crippen molar-refractivity contribution in [1.82, 2.24) is 4.90 Å². The summed E-state index contributed by atoms with van der Waals surface area (Å²) in [7, 11) is 4.67. The molecule has 7 heteroatoms. The van der Waals surface area contributed by atoms with E-state index in [1.54, 1.807) is 63.8 Å². The van der Waals surface area contributed by atoms with Crippen LogP contribution in [0.25, 0.3) is 5.57 Å². The van der Waals surface area contributed by atoms with Gasteiger partial charge in [-0.15, -0.1) is 0 Å². The van der Waals surface area contributed by atoms with Crippen molar-refractivity contribution in [2.75, 3.05) is 26.6 Å². The van der Waals surface area contributed by atoms with Gasteiger partial charge < -0.3 is 19.5 Å². The van der Waals surface area contributed by atoms with E-state index < -0.39 is 5.91 Å². The van der Waals surface area contributed by atoms with E-state index >= 15 is 0 Å². The zero-order valence-electron chi connectivity index (χ0n) is 19.5. The van der Waals surface area contributed by atoms with Gasteiger partial charge in [-0.2, -0.15) is 0 Å². The normalized spacial score (nSPS) is 13.4. The van der Waals surface area contributed by atoms with E-state index in [0.717, 1.165) is 11.1 Å². The average molecular weight is 459 g/mol. The van der Waals surface area contributed by atoms with E-state index in [2.05, 4.69) is 5.32 Å². The number of anilines is 1. The maximum absolute atomic E-state index is 13.5. The van der Waals surface area contributed by atoms with Crippen molar-refractivity contribution in [1.29, 1.82) is 0 Å². The lowest BCUT2D eigenvalue weighted by Crippen LogP contribution is -2.32. The molecule has 0 unspecified atom stereocenters. The van der Waals surface area contributed by atoms with E-state index in [9.17, 15) is 9.59 Å². The van der Waals surface area contributed by atoms with Gasteiger partial charge in [-0.25, -0.2) is 0 Å². The zero-order valence-corrected chi connectivity index (χ0v) is 19.5. The summed E-state index contributed by atoms with van der Waals surface area (Å²) in [5.41, 5.74) is 3.64. The molecule has 2 amide bonds. The molecule has 4 rings (SSSR count). The summed E-state index contributed by atoms with van der Waals surface area (Å²) in [4.78, 5) is 28.3. The Balaban J connectivity index is 1.75. The Kier molecular flexibility index (Phi) is 6.54. The van der Waals surface area contributed by atoms with Gasteiger partial charge in [0.1, 0.15) is 22.9 Å². The number of imide groups is 1. The molecule has 3 aromatic rings. The van der Waals surface area contributed by atoms with E-state index in [1.165, 1.54) is 4.90 Å². The minimum atomic E-state index is -0.404. The predicted octanol–water partition coefficient (Wildman–Crippen LogP) is 4.41. The van der Waals surface area contributed by atoms with Crippen molar-refractivity contribution in [2.24, 2.45) is 0 Å². The summed E-state index contributed by atoms with van der Waals surface area (Å²) in [6.45, 7) is 2.16. The van der Waals surface area contributed by atoms with E-state index in [4.69, 9.17) is 14.2 Å². The number of carbonyl (C=O) groups excluding carboxylic acids is 2. The molecule has 1 heterocycles. The molecule has 0 aliphatic carbocycles. The van der Waals surface area contributed by atoms with Crippen LogP contribution in [0.1, 0.15) is 16.7 Å². The number of ether oxygens (including phenoxy) is 3. The first kappa shape index (κ1) is 22.9. The van der Waals surface area contributed by atoms with E-state index in [0.29, 0.717) is 34.1 Å². The standard InChI is InChI=1S/C27H26N2O5/c1-17-5-7-18(8-6-17)16-29-26(30)24(19-9-11-21(32-2)12-10-19)25(27(29)31)28-20-13-22(33-3)15-23(14-20)34-4/h5-15,28H,16H2,1-4H3. The van der Waals surface area contributed by atoms with Gasteiger partial charge in [0.05, 0.1) is 33.4 Å². The number of nitrogens with zero attached hydrogens (tertiary/aromatic N) is 1. The van der Waals surface area contributed by atoms with Crippen LogP contribution in [0, 0.1) is 6.92 Å². The summed E-state index contributed by atoms with van der Waals surface area (Å²) in [6, 6.07) is 20.0. The molecule has 3 aromatic carbocycles. The van der Waals surface area contributed by atoms with Crippen LogP contribution < -0.4 is 19.5 Å². The van der Waals surface area contributed by atoms with Gasteiger partial charge >= 0.3 is 0 Å². The number of benzene rings is 3. The number of methoxy groups -OCH3 is 3. The van der Waals surface area contributed by atoms with Crippen molar-refractivity contribution in [3.63, 3.8) is 0 Å². The summed E-state index contributed by atoms with van der Waals surface area (Å²) < 4.78 is 15.9. The molecule has 1 aliphatic heterocycles. The third kappa shape index (κ3) is 4.59. The van der Waals surface area contributed by atoms with Gasteiger partial charge in [0.2, 0.25) is 0 Å². The van der Waals surface area contributed by atoms with Gasteiger partial charge in [0.15, 0.2) is 0 Å². The van der Waals surface area contributed by atoms with Crippen LogP contribution in [0.2, 0.25) is 0 Å². The molecule has 0 spiro atoms. The molecule has 0 radical (unpaired) electrons. The molecule has 34 heavy (non-hydrogen) atoms. The summed E-state index contributed by atoms with van der Waals surface area (Å²) in [5.74, 6) is 0.999. The van der Waals surface area contributed by atoms with Crippen LogP contribution in [-0.4, -0.2) is 38.0 Å². The molecule has 0 bridgehead atoms. The van der Waals surface area contributed by atoms with Crippen LogP contribution >= 0.6 is 0 Å². The second-order valence-corrected chi connectivity index (χ2v) is 7.89. The summed E-state index contributed by atoms with van der Waals surface area (Å²) in [5, 5.41) is 3.15. The van der Waals surface area contributed by atoms with E-state index in [-0.39, 0.29) is 18.1 Å². The Morgan fingerprint density at radius 2 is 1.32 bits per heavy atom. The first-order chi connectivity index (χ1) is 16.4. The van der Waals surface area contributed by atoms with Crippen molar-refractivity contribution >= 4 is 23.1 Å². The zero-order chi connectivity index (χ0) is 24.2. The molecule has 0 atom stereocenters. The topological polar surface area (TPSA) is 77.1 Å². The Bertz CT molecular complexity index is 1220. The number of rotatable bonds is 8. The quantitative estimate of drug-likeness (QED) is 0.504. The van der Waals surface area contributed by atoms with Crippen molar-refractivity contribution in [3.8, 4) is 17.2 Å². The molecule has 174 valence electrons. The molecule has 0 saturated heterocycles. The second kappa shape index (κ2) is 9.70. The highest BCUT2D eigenvalue weighted by Crippen LogP contribution is 2.34. The minimum absolute atomic E-state index is 0.171. The number of carbonyl (C=O) groups is 2. The number of aryl methyl sites for hydroxylation is 1. The number of hydrogen-bond acceptors (Lipinski definition) is 6. The second-order valence-electron chi connectivity index (χ2n) is 7.89. The smallest absolute Gasteiger partial charge is 0.278 e. The lowest BCUT2D eigenvalue weighted by atomic mass is 10.0. The first-order valence-corrected chi connectivity index (χ1v) is 10.7. The highest BCUT2D eigenvalue weighted by molar-refractivity contribution is 6.36. The monoisotopic (exact) mass is 458 g/mol. The van der Waals surface area contributed by atoms with Crippen LogP contribution in [0.15, 0.2) is 72.4 Å². The number of hydrogen-bond donors (Lipinski definition) is 1. The Morgan fingerprint density at radius 1 is 0.735 bits per heavy atom. The third-order valence-electron chi connectivity index (χ3n) is 5.63. The average Bonchev–Trinajstić information content (AvgIpc) is 3.09. The number of nitrogens with one attached hydrogen (secondary N) is 1. The minimum Gasteiger partial charge on any atom is -0.497 e. The summed E-state index contributed by atoms with van der Waals surface area (Å²) >= 11 is 0. The maximum Gasteiger partial charge on any atom is 0.278 e. The van der Waals surface area contributed by atoms with Crippen molar-refractivity contribution in [2.45, 2.75) is 13.5 Å². The lowest BCUT2D eigenvalue weighted by Gasteiger charge is -2.16. The van der Waals surface area contributed by atoms with Crippen LogP contribution in [0.4, 0.5) is 5.69 Å². The van der Waals surface area contributed by atoms with Gasteiger partial charge in [0.25, 0.3) is 11.8 Å². The highest BCUT2D eigenvalue weighted by atomic mass is 16.5. The van der Waals surface area contributed by atoms with Gasteiger partial charge in [0, 0.05) is 23.9 Å². The molecule has 0 fully saturated rings. The lowest BCUT2D eigenvalue weighted by molar-refractivity contribution is -0.137. The Labute approximate surface area is 198 Å². The van der Waals surface area contributed by atoms with Crippen molar-refractivity contribution < 1.29 is 23.8 Å². The van der Waals surface area contributed by atoms with Crippen LogP contribution in [-0.2, 0) is 16.1 Å². The molecular weight excluding hydrogens is 432 g/mol. The molecular formula is C27H26N2O5. The highest BCUT2D eigenvalue weighted by Gasteiger charge is 2.39. The van der Waals surface area contributed by atoms with Crippen molar-refractivity contribution in [3.05, 3.63) is 89.1 Å². The maximum atomic E-state index is 13.5. The van der Waals surface area contributed by atoms with E-state index in [1.807, 2.05) is 31.2 Å². The Hall–Kier alpha value is -4.26. The molecule has 1 N–H and O–H groups in total. The van der Waals surface area contributed by atoms with Crippen LogP contribution in [0.3, 0.4) is 0 Å². The van der Waals surface area contributed by atoms with Crippen LogP contribution in [0.5, 0.6) is 17.2 Å². The third-order valence-corrected chi connectivity index (χ3v) is 5.63. The molecule has 1 aliphatic rings. The molecule has 7 nitrogen and oxygen atoms in total. The largest absolute Gasteiger partial charge is 0.497 e. The molecule has 0 saturated carbocycles. The van der Waals surface area contributed by atoms with Gasteiger partial charge in [-0.1, -0.05) is 42.0 Å². The fraction of sp³-hybridized carbons (Fsp3) is 0.185. The summed E-state index contributed by atoms with van der Waals surface area (Å²) in [6.07, 6.45) is 0. The predicted molar refractivity (Wildman–Crippen MR) is 130 cm³/mol. The van der Waals surface area contributed by atoms with Gasteiger partial charge in [-0.05, 0) is 30.2 Å². The first-order valence-electron chi connectivity index (χ1n) is 10.7. The fourth-order valence-electron chi connectivity index (χ4n) is 3.76. The Morgan fingerprint density at radius 3 is 1.88 bits per heavy atom. The van der Waals surface area contributed by atoms with Gasteiger partial charge in [-0.3, -0.25) is 14.5 Å². The fourth-order valence-corrected chi connectivity index (χ4v) is 3.76. The number of amides is 2. The SMILES string of the molecule is COc1ccc(C2=C(Nc3cc(OC)cc(OC)c3)C(=O)N(Cc3ccc(C)cc3)C2=O)cc1.